The monoisotopic (exact) mass is 356 g/mol. The molecule has 3 heterocycles. The van der Waals surface area contributed by atoms with Gasteiger partial charge in [0.15, 0.2) is 0 Å². The van der Waals surface area contributed by atoms with Gasteiger partial charge in [0.2, 0.25) is 0 Å². The van der Waals surface area contributed by atoms with Crippen molar-refractivity contribution in [2.24, 2.45) is 0 Å². The third-order valence-electron chi connectivity index (χ3n) is 4.51. The molecule has 0 atom stereocenters. The van der Waals surface area contributed by atoms with Gasteiger partial charge in [-0.15, -0.1) is 11.3 Å². The van der Waals surface area contributed by atoms with E-state index in [2.05, 4.69) is 52.8 Å². The van der Waals surface area contributed by atoms with Crippen molar-refractivity contribution in [1.29, 1.82) is 0 Å². The quantitative estimate of drug-likeness (QED) is 0.422. The first-order chi connectivity index (χ1) is 12.9. The number of fused-ring (bicyclic) bond motifs is 2. The van der Waals surface area contributed by atoms with Crippen molar-refractivity contribution in [3.8, 4) is 11.1 Å². The summed E-state index contributed by atoms with van der Waals surface area (Å²) in [5.74, 6) is 0. The van der Waals surface area contributed by atoms with Gasteiger partial charge in [0, 0.05) is 33.6 Å². The van der Waals surface area contributed by atoms with Crippen LogP contribution in [0, 0.1) is 0 Å². The summed E-state index contributed by atoms with van der Waals surface area (Å²) in [6.07, 6.45) is 3.87. The number of aromatic nitrogens is 2. The van der Waals surface area contributed by atoms with E-state index in [4.69, 9.17) is 4.84 Å². The topological polar surface area (TPSA) is 27.1 Å². The first kappa shape index (κ1) is 15.2. The molecule has 0 fully saturated rings. The van der Waals surface area contributed by atoms with Crippen LogP contribution in [0.5, 0.6) is 0 Å². The number of hydrogen-bond donors (Lipinski definition) is 0. The molecule has 0 aliphatic heterocycles. The fourth-order valence-electron chi connectivity index (χ4n) is 3.17. The van der Waals surface area contributed by atoms with Gasteiger partial charge in [-0.3, -0.25) is 4.98 Å². The molecule has 0 aliphatic rings. The van der Waals surface area contributed by atoms with Gasteiger partial charge in [0.1, 0.15) is 12.1 Å². The molecule has 0 saturated carbocycles. The third-order valence-corrected chi connectivity index (χ3v) is 5.47. The highest BCUT2D eigenvalue weighted by atomic mass is 32.1. The average Bonchev–Trinajstić information content (AvgIpc) is 3.31. The van der Waals surface area contributed by atoms with Crippen molar-refractivity contribution in [3.63, 3.8) is 0 Å². The number of pyridine rings is 1. The Kier molecular flexibility index (Phi) is 3.68. The molecule has 126 valence electrons. The van der Waals surface area contributed by atoms with E-state index >= 15 is 0 Å². The van der Waals surface area contributed by atoms with E-state index in [1.807, 2.05) is 41.4 Å². The molecule has 3 nitrogen and oxygen atoms in total. The minimum absolute atomic E-state index is 0.524. The van der Waals surface area contributed by atoms with Crippen LogP contribution in [0.1, 0.15) is 5.56 Å². The Morgan fingerprint density at radius 3 is 2.73 bits per heavy atom. The van der Waals surface area contributed by atoms with Gasteiger partial charge in [0.05, 0.1) is 5.52 Å². The number of thiophene rings is 1. The predicted octanol–water partition coefficient (Wildman–Crippen LogP) is 5.55. The van der Waals surface area contributed by atoms with E-state index < -0.39 is 0 Å². The highest BCUT2D eigenvalue weighted by Gasteiger charge is 2.10. The van der Waals surface area contributed by atoms with Crippen molar-refractivity contribution in [3.05, 3.63) is 90.1 Å². The first-order valence-corrected chi connectivity index (χ1v) is 9.37. The van der Waals surface area contributed by atoms with E-state index in [1.165, 1.54) is 15.6 Å². The second-order valence-corrected chi connectivity index (χ2v) is 7.09. The van der Waals surface area contributed by atoms with E-state index in [0.29, 0.717) is 6.61 Å². The maximum atomic E-state index is 5.98. The van der Waals surface area contributed by atoms with Gasteiger partial charge < -0.3 is 4.84 Å². The maximum Gasteiger partial charge on any atom is 0.140 e. The summed E-state index contributed by atoms with van der Waals surface area (Å²) in [5.41, 5.74) is 5.38. The molecule has 0 unspecified atom stereocenters. The molecule has 5 aromatic rings. The smallest absolute Gasteiger partial charge is 0.140 e. The summed E-state index contributed by atoms with van der Waals surface area (Å²) >= 11 is 1.76. The van der Waals surface area contributed by atoms with Crippen LogP contribution in [-0.4, -0.2) is 9.71 Å². The Labute approximate surface area is 155 Å². The first-order valence-electron chi connectivity index (χ1n) is 8.49. The lowest BCUT2D eigenvalue weighted by Crippen LogP contribution is -2.09. The largest absolute Gasteiger partial charge is 0.409 e. The van der Waals surface area contributed by atoms with Crippen LogP contribution in [0.3, 0.4) is 0 Å². The summed E-state index contributed by atoms with van der Waals surface area (Å²) in [6, 6.07) is 22.8. The average molecular weight is 356 g/mol. The van der Waals surface area contributed by atoms with Crippen LogP contribution in [0.25, 0.3) is 32.2 Å². The van der Waals surface area contributed by atoms with Crippen molar-refractivity contribution in [2.45, 2.75) is 6.61 Å². The summed E-state index contributed by atoms with van der Waals surface area (Å²) in [4.78, 5) is 10.6. The second-order valence-electron chi connectivity index (χ2n) is 6.17. The third kappa shape index (κ3) is 2.65. The number of hydrogen-bond acceptors (Lipinski definition) is 3. The van der Waals surface area contributed by atoms with Gasteiger partial charge in [-0.25, -0.2) is 0 Å². The maximum absolute atomic E-state index is 5.98. The zero-order valence-electron chi connectivity index (χ0n) is 14.0. The molecular weight excluding hydrogens is 340 g/mol. The lowest BCUT2D eigenvalue weighted by molar-refractivity contribution is 0.107. The minimum atomic E-state index is 0.524. The van der Waals surface area contributed by atoms with Gasteiger partial charge in [-0.1, -0.05) is 48.5 Å². The summed E-state index contributed by atoms with van der Waals surface area (Å²) in [5, 5.41) is 3.47. The molecule has 0 radical (unpaired) electrons. The van der Waals surface area contributed by atoms with Crippen molar-refractivity contribution in [1.82, 2.24) is 9.71 Å². The molecule has 26 heavy (non-hydrogen) atoms. The second kappa shape index (κ2) is 6.32. The van der Waals surface area contributed by atoms with Crippen molar-refractivity contribution < 1.29 is 4.84 Å². The van der Waals surface area contributed by atoms with E-state index in [1.54, 1.807) is 11.3 Å². The van der Waals surface area contributed by atoms with Gasteiger partial charge in [-0.05, 0) is 29.1 Å². The molecule has 0 saturated heterocycles. The molecule has 3 aromatic heterocycles. The van der Waals surface area contributed by atoms with Gasteiger partial charge in [-0.2, -0.15) is 4.73 Å². The van der Waals surface area contributed by atoms with Crippen LogP contribution in [0.15, 0.2) is 84.5 Å². The van der Waals surface area contributed by atoms with Gasteiger partial charge >= 0.3 is 0 Å². The van der Waals surface area contributed by atoms with E-state index in [0.717, 1.165) is 22.2 Å². The molecular formula is C22H16N2OS. The van der Waals surface area contributed by atoms with Crippen LogP contribution < -0.4 is 4.84 Å². The molecule has 0 spiro atoms. The number of nitrogens with zero attached hydrogens (tertiary/aromatic N) is 2. The molecule has 2 aromatic carbocycles. The highest BCUT2D eigenvalue weighted by molar-refractivity contribution is 7.17. The van der Waals surface area contributed by atoms with Crippen molar-refractivity contribution in [2.75, 3.05) is 0 Å². The fraction of sp³-hybridized carbons (Fsp3) is 0.0455. The van der Waals surface area contributed by atoms with E-state index in [9.17, 15) is 0 Å². The lowest BCUT2D eigenvalue weighted by Gasteiger charge is -2.09. The molecule has 0 amide bonds. The predicted molar refractivity (Wildman–Crippen MR) is 107 cm³/mol. The Bertz CT molecular complexity index is 1190. The highest BCUT2D eigenvalue weighted by Crippen LogP contribution is 2.34. The molecule has 0 N–H and O–H groups in total. The summed E-state index contributed by atoms with van der Waals surface area (Å²) in [6.45, 7) is 0.524. The molecule has 4 heteroatoms. The van der Waals surface area contributed by atoms with Crippen molar-refractivity contribution >= 4 is 32.5 Å². The normalized spacial score (nSPS) is 11.2. The zero-order chi connectivity index (χ0) is 17.3. The Morgan fingerprint density at radius 2 is 1.81 bits per heavy atom. The Morgan fingerprint density at radius 1 is 0.962 bits per heavy atom. The Hall–Kier alpha value is -3.11. The van der Waals surface area contributed by atoms with E-state index in [-0.39, 0.29) is 0 Å². The zero-order valence-corrected chi connectivity index (χ0v) is 14.8. The van der Waals surface area contributed by atoms with Crippen LogP contribution in [0.2, 0.25) is 0 Å². The van der Waals surface area contributed by atoms with Crippen LogP contribution >= 0.6 is 11.3 Å². The molecule has 0 bridgehead atoms. The number of benzene rings is 2. The van der Waals surface area contributed by atoms with Gasteiger partial charge in [0.25, 0.3) is 0 Å². The lowest BCUT2D eigenvalue weighted by atomic mass is 10.1. The summed E-state index contributed by atoms with van der Waals surface area (Å²) < 4.78 is 3.10. The van der Waals surface area contributed by atoms with Crippen LogP contribution in [-0.2, 0) is 6.61 Å². The number of rotatable bonds is 4. The minimum Gasteiger partial charge on any atom is -0.409 e. The van der Waals surface area contributed by atoms with Crippen LogP contribution in [0.4, 0.5) is 0 Å². The Balaban J connectivity index is 1.53. The molecule has 0 aliphatic carbocycles. The fourth-order valence-corrected chi connectivity index (χ4v) is 4.14. The standard InChI is InChI=1S/C22H16N2OS/c1-2-6-16(7-3-1)14-25-24-11-10-20-21(24)12-17(13-23-20)19-15-26-22-9-5-4-8-18(19)22/h1-13,15H,14H2. The summed E-state index contributed by atoms with van der Waals surface area (Å²) in [7, 11) is 0. The SMILES string of the molecule is c1ccc(COn2ccc3ncc(-c4csc5ccccc45)cc32)cc1. The molecule has 5 rings (SSSR count).